The van der Waals surface area contributed by atoms with Crippen molar-refractivity contribution in [2.75, 3.05) is 0 Å². The number of halogens is 1. The van der Waals surface area contributed by atoms with Crippen molar-refractivity contribution in [3.05, 3.63) is 46.6 Å². The molecule has 0 spiro atoms. The highest BCUT2D eigenvalue weighted by molar-refractivity contribution is 9.10. The number of nitrogens with zero attached hydrogens (tertiary/aromatic N) is 1. The maximum Gasteiger partial charge on any atom is 0.358 e. The number of aromatic nitrogens is 1. The normalized spacial score (nSPS) is 10.2. The van der Waals surface area contributed by atoms with Gasteiger partial charge in [-0.3, -0.25) is 0 Å². The van der Waals surface area contributed by atoms with Crippen molar-refractivity contribution in [3.8, 4) is 5.75 Å². The van der Waals surface area contributed by atoms with E-state index in [-0.39, 0.29) is 18.1 Å². The number of furan rings is 1. The number of hydrogen-bond acceptors (Lipinski definition) is 4. The predicted molar refractivity (Wildman–Crippen MR) is 61.9 cm³/mol. The first-order valence-electron chi connectivity index (χ1n) is 4.72. The SMILES string of the molecule is O=C(O)c1ncccc1OCc1ccc(Br)o1. The first-order valence-corrected chi connectivity index (χ1v) is 5.51. The molecular weight excluding hydrogens is 290 g/mol. The minimum absolute atomic E-state index is 0.113. The summed E-state index contributed by atoms with van der Waals surface area (Å²) in [5.74, 6) is -0.314. The average Bonchev–Trinajstić information content (AvgIpc) is 2.73. The van der Waals surface area contributed by atoms with E-state index in [1.54, 1.807) is 24.3 Å². The van der Waals surface area contributed by atoms with Crippen molar-refractivity contribution in [2.45, 2.75) is 6.61 Å². The van der Waals surface area contributed by atoms with Crippen molar-refractivity contribution in [3.63, 3.8) is 0 Å². The van der Waals surface area contributed by atoms with E-state index in [1.165, 1.54) is 6.20 Å². The Balaban J connectivity index is 2.11. The van der Waals surface area contributed by atoms with Gasteiger partial charge in [-0.15, -0.1) is 0 Å². The second-order valence-electron chi connectivity index (χ2n) is 3.15. The molecular formula is C11H8BrNO4. The van der Waals surface area contributed by atoms with Gasteiger partial charge >= 0.3 is 5.97 Å². The van der Waals surface area contributed by atoms with Crippen LogP contribution in [0, 0.1) is 0 Å². The fourth-order valence-corrected chi connectivity index (χ4v) is 1.59. The smallest absolute Gasteiger partial charge is 0.358 e. The molecule has 0 fully saturated rings. The predicted octanol–water partition coefficient (Wildman–Crippen LogP) is 2.71. The number of pyridine rings is 1. The van der Waals surface area contributed by atoms with Gasteiger partial charge in [-0.25, -0.2) is 9.78 Å². The van der Waals surface area contributed by atoms with Crippen molar-refractivity contribution in [1.82, 2.24) is 4.98 Å². The molecule has 0 saturated heterocycles. The lowest BCUT2D eigenvalue weighted by atomic mass is 10.3. The molecule has 0 bridgehead atoms. The zero-order valence-electron chi connectivity index (χ0n) is 8.59. The Morgan fingerprint density at radius 3 is 2.94 bits per heavy atom. The minimum atomic E-state index is -1.12. The maximum atomic E-state index is 10.9. The number of hydrogen-bond donors (Lipinski definition) is 1. The van der Waals surface area contributed by atoms with Crippen LogP contribution in [-0.2, 0) is 6.61 Å². The standard InChI is InChI=1S/C11H8BrNO4/c12-9-4-3-7(17-9)6-16-8-2-1-5-13-10(8)11(14)15/h1-5H,6H2,(H,14,15). The molecule has 2 rings (SSSR count). The van der Waals surface area contributed by atoms with Crippen LogP contribution in [0.3, 0.4) is 0 Å². The Labute approximate surface area is 105 Å². The Morgan fingerprint density at radius 2 is 2.29 bits per heavy atom. The molecule has 0 aliphatic carbocycles. The molecule has 2 aromatic heterocycles. The minimum Gasteiger partial charge on any atom is -0.483 e. The van der Waals surface area contributed by atoms with Gasteiger partial charge in [0, 0.05) is 6.20 Å². The summed E-state index contributed by atoms with van der Waals surface area (Å²) < 4.78 is 11.2. The second kappa shape index (κ2) is 5.01. The highest BCUT2D eigenvalue weighted by Gasteiger charge is 2.12. The molecule has 0 aromatic carbocycles. The summed E-state index contributed by atoms with van der Waals surface area (Å²) in [6.07, 6.45) is 1.40. The van der Waals surface area contributed by atoms with Gasteiger partial charge in [0.1, 0.15) is 12.4 Å². The maximum absolute atomic E-state index is 10.9. The molecule has 0 radical (unpaired) electrons. The number of carboxylic acid groups (broad SMARTS) is 1. The summed E-state index contributed by atoms with van der Waals surface area (Å²) in [6, 6.07) is 6.63. The molecule has 0 aliphatic rings. The van der Waals surface area contributed by atoms with Gasteiger partial charge in [-0.2, -0.15) is 0 Å². The molecule has 2 heterocycles. The highest BCUT2D eigenvalue weighted by Crippen LogP contribution is 2.19. The van der Waals surface area contributed by atoms with E-state index in [4.69, 9.17) is 14.3 Å². The summed E-state index contributed by atoms with van der Waals surface area (Å²) in [7, 11) is 0. The summed E-state index contributed by atoms with van der Waals surface area (Å²) >= 11 is 3.17. The molecule has 88 valence electrons. The third-order valence-corrected chi connectivity index (χ3v) is 2.40. The van der Waals surface area contributed by atoms with E-state index in [0.717, 1.165) is 0 Å². The van der Waals surface area contributed by atoms with Crippen molar-refractivity contribution in [2.24, 2.45) is 0 Å². The lowest BCUT2D eigenvalue weighted by Gasteiger charge is -2.06. The number of ether oxygens (including phenoxy) is 1. The topological polar surface area (TPSA) is 72.6 Å². The van der Waals surface area contributed by atoms with E-state index in [2.05, 4.69) is 20.9 Å². The average molecular weight is 298 g/mol. The fourth-order valence-electron chi connectivity index (χ4n) is 1.25. The van der Waals surface area contributed by atoms with Gasteiger partial charge in [-0.05, 0) is 40.2 Å². The van der Waals surface area contributed by atoms with E-state index >= 15 is 0 Å². The summed E-state index contributed by atoms with van der Waals surface area (Å²) in [5, 5.41) is 8.89. The van der Waals surface area contributed by atoms with Gasteiger partial charge in [-0.1, -0.05) is 0 Å². The molecule has 6 heteroatoms. The monoisotopic (exact) mass is 297 g/mol. The third kappa shape index (κ3) is 2.85. The van der Waals surface area contributed by atoms with Crippen molar-refractivity contribution in [1.29, 1.82) is 0 Å². The zero-order valence-corrected chi connectivity index (χ0v) is 10.2. The van der Waals surface area contributed by atoms with Crippen LogP contribution in [0.15, 0.2) is 39.5 Å². The molecule has 0 atom stereocenters. The molecule has 0 aliphatic heterocycles. The number of carbonyl (C=O) groups is 1. The van der Waals surface area contributed by atoms with E-state index in [1.807, 2.05) is 0 Å². The van der Waals surface area contributed by atoms with E-state index in [0.29, 0.717) is 10.4 Å². The van der Waals surface area contributed by atoms with Crippen molar-refractivity contribution >= 4 is 21.9 Å². The fraction of sp³-hybridized carbons (Fsp3) is 0.0909. The molecule has 0 saturated carbocycles. The molecule has 2 aromatic rings. The van der Waals surface area contributed by atoms with Crippen LogP contribution in [0.1, 0.15) is 16.2 Å². The second-order valence-corrected chi connectivity index (χ2v) is 3.93. The van der Waals surface area contributed by atoms with Gasteiger partial charge in [0.15, 0.2) is 16.1 Å². The lowest BCUT2D eigenvalue weighted by Crippen LogP contribution is -2.05. The molecule has 0 amide bonds. The Bertz CT molecular complexity index is 538. The Hall–Kier alpha value is -1.82. The summed E-state index contributed by atoms with van der Waals surface area (Å²) in [6.45, 7) is 0.150. The van der Waals surface area contributed by atoms with Crippen LogP contribution in [0.25, 0.3) is 0 Å². The van der Waals surface area contributed by atoms with Gasteiger partial charge < -0.3 is 14.3 Å². The number of rotatable bonds is 4. The Kier molecular flexibility index (Phi) is 3.43. The highest BCUT2D eigenvalue weighted by atomic mass is 79.9. The first kappa shape index (κ1) is 11.7. The largest absolute Gasteiger partial charge is 0.483 e. The third-order valence-electron chi connectivity index (χ3n) is 1.97. The van der Waals surface area contributed by atoms with Gasteiger partial charge in [0.05, 0.1) is 0 Å². The van der Waals surface area contributed by atoms with Crippen LogP contribution in [0.2, 0.25) is 0 Å². The molecule has 17 heavy (non-hydrogen) atoms. The quantitative estimate of drug-likeness (QED) is 0.939. The van der Waals surface area contributed by atoms with Gasteiger partial charge in [0.2, 0.25) is 0 Å². The van der Waals surface area contributed by atoms with Crippen LogP contribution in [0.4, 0.5) is 0 Å². The number of aromatic carboxylic acids is 1. The molecule has 5 nitrogen and oxygen atoms in total. The van der Waals surface area contributed by atoms with Gasteiger partial charge in [0.25, 0.3) is 0 Å². The molecule has 1 N–H and O–H groups in total. The summed E-state index contributed by atoms with van der Waals surface area (Å²) in [4.78, 5) is 14.6. The van der Waals surface area contributed by atoms with Crippen LogP contribution < -0.4 is 4.74 Å². The van der Waals surface area contributed by atoms with Crippen LogP contribution in [0.5, 0.6) is 5.75 Å². The van der Waals surface area contributed by atoms with Crippen LogP contribution >= 0.6 is 15.9 Å². The summed E-state index contributed by atoms with van der Waals surface area (Å²) in [5.41, 5.74) is -0.113. The first-order chi connectivity index (χ1) is 8.16. The number of carboxylic acids is 1. The van der Waals surface area contributed by atoms with Crippen LogP contribution in [-0.4, -0.2) is 16.1 Å². The lowest BCUT2D eigenvalue weighted by molar-refractivity contribution is 0.0684. The Morgan fingerprint density at radius 1 is 1.47 bits per heavy atom. The molecule has 0 unspecified atom stereocenters. The van der Waals surface area contributed by atoms with E-state index < -0.39 is 5.97 Å². The zero-order chi connectivity index (χ0) is 12.3. The van der Waals surface area contributed by atoms with Crippen molar-refractivity contribution < 1.29 is 19.1 Å². The van der Waals surface area contributed by atoms with E-state index in [9.17, 15) is 4.79 Å².